The SMILES string of the molecule is C[C@H]1CC(=O)N(Cc2ccc(-c3ncno3)cc2Oc2ccc3c(=O)n(CC4CC4)ccc3c2)C1.O=C1CCCN1C1CC1. The number of ether oxygens (including phenoxy) is 1. The molecule has 2 amide bonds. The number of carbonyl (C=O) groups is 2. The molecule has 2 aromatic carbocycles. The van der Waals surface area contributed by atoms with Gasteiger partial charge in [0.05, 0.1) is 0 Å². The second-order valence-corrected chi connectivity index (χ2v) is 12.6. The Bertz CT molecular complexity index is 1740. The molecular weight excluding hydrogens is 558 g/mol. The van der Waals surface area contributed by atoms with Gasteiger partial charge in [0, 0.05) is 67.8 Å². The molecule has 10 heteroatoms. The molecule has 2 aliphatic heterocycles. The molecular formula is C34H37N5O5. The van der Waals surface area contributed by atoms with E-state index in [0.717, 1.165) is 49.0 Å². The third-order valence-corrected chi connectivity index (χ3v) is 8.87. The van der Waals surface area contributed by atoms with Gasteiger partial charge in [-0.05, 0) is 85.7 Å². The second-order valence-electron chi connectivity index (χ2n) is 12.6. The normalized spacial score (nSPS) is 19.9. The lowest BCUT2D eigenvalue weighted by molar-refractivity contribution is -0.129. The zero-order valence-electron chi connectivity index (χ0n) is 25.0. The van der Waals surface area contributed by atoms with E-state index in [0.29, 0.717) is 59.5 Å². The number of aromatic nitrogens is 3. The van der Waals surface area contributed by atoms with Gasteiger partial charge in [0.1, 0.15) is 11.5 Å². The smallest absolute Gasteiger partial charge is 0.258 e. The average Bonchev–Trinajstić information content (AvgIpc) is 3.89. The lowest BCUT2D eigenvalue weighted by atomic mass is 10.1. The predicted molar refractivity (Wildman–Crippen MR) is 164 cm³/mol. The molecule has 4 fully saturated rings. The molecule has 4 aliphatic rings. The third-order valence-electron chi connectivity index (χ3n) is 8.87. The molecule has 44 heavy (non-hydrogen) atoms. The van der Waals surface area contributed by atoms with Crippen LogP contribution >= 0.6 is 0 Å². The molecule has 2 saturated heterocycles. The highest BCUT2D eigenvalue weighted by Crippen LogP contribution is 2.34. The minimum atomic E-state index is 0.0293. The van der Waals surface area contributed by atoms with Crippen LogP contribution in [0.4, 0.5) is 0 Å². The number of hydrogen-bond acceptors (Lipinski definition) is 7. The van der Waals surface area contributed by atoms with Crippen molar-refractivity contribution in [2.75, 3.05) is 13.1 Å². The molecule has 2 aliphatic carbocycles. The average molecular weight is 596 g/mol. The summed E-state index contributed by atoms with van der Waals surface area (Å²) < 4.78 is 13.4. The fourth-order valence-corrected chi connectivity index (χ4v) is 6.16. The number of nitrogens with zero attached hydrogens (tertiary/aromatic N) is 5. The van der Waals surface area contributed by atoms with Crippen molar-refractivity contribution in [2.45, 2.75) is 71.0 Å². The summed E-state index contributed by atoms with van der Waals surface area (Å²) in [5, 5.41) is 5.20. The topological polar surface area (TPSA) is 111 Å². The molecule has 0 radical (unpaired) electrons. The van der Waals surface area contributed by atoms with E-state index in [1.165, 1.54) is 32.0 Å². The van der Waals surface area contributed by atoms with Crippen LogP contribution in [0.3, 0.4) is 0 Å². The first-order valence-electron chi connectivity index (χ1n) is 15.7. The van der Waals surface area contributed by atoms with E-state index < -0.39 is 0 Å². The van der Waals surface area contributed by atoms with Crippen molar-refractivity contribution < 1.29 is 18.8 Å². The van der Waals surface area contributed by atoms with Crippen molar-refractivity contribution in [3.8, 4) is 23.0 Å². The van der Waals surface area contributed by atoms with E-state index in [1.54, 1.807) is 4.57 Å². The Hall–Kier alpha value is -4.47. The van der Waals surface area contributed by atoms with E-state index in [1.807, 2.05) is 58.5 Å². The van der Waals surface area contributed by atoms with Crippen LogP contribution in [0.1, 0.15) is 57.4 Å². The first kappa shape index (κ1) is 28.3. The number of carbonyl (C=O) groups excluding carboxylic acids is 2. The van der Waals surface area contributed by atoms with Gasteiger partial charge in [-0.15, -0.1) is 0 Å². The number of amides is 2. The van der Waals surface area contributed by atoms with Gasteiger partial charge < -0.3 is 23.6 Å². The van der Waals surface area contributed by atoms with E-state index >= 15 is 0 Å². The fourth-order valence-electron chi connectivity index (χ4n) is 6.16. The number of rotatable bonds is 8. The maximum Gasteiger partial charge on any atom is 0.258 e. The highest BCUT2D eigenvalue weighted by Gasteiger charge is 2.34. The number of hydrogen-bond donors (Lipinski definition) is 0. The van der Waals surface area contributed by atoms with Gasteiger partial charge in [0.25, 0.3) is 11.4 Å². The lowest BCUT2D eigenvalue weighted by Gasteiger charge is -2.19. The standard InChI is InChI=1S/C27H26N4O4.C7H11NO/c1-17-10-25(32)31(13-17)15-21-5-4-20(26-28-16-29-35-26)12-24(21)34-22-6-7-23-19(11-22)8-9-30(27(23)33)14-18-2-3-18;9-7-2-1-5-8(7)6-3-4-6/h4-9,11-12,16-18H,2-3,10,13-15H2,1H3;6H,1-5H2/t17-;/m0./s1. The molecule has 4 heterocycles. The van der Waals surface area contributed by atoms with Crippen LogP contribution < -0.4 is 10.3 Å². The van der Waals surface area contributed by atoms with Gasteiger partial charge in [0.15, 0.2) is 6.33 Å². The highest BCUT2D eigenvalue weighted by molar-refractivity contribution is 5.83. The van der Waals surface area contributed by atoms with Gasteiger partial charge in [-0.3, -0.25) is 14.4 Å². The zero-order chi connectivity index (χ0) is 30.2. The molecule has 4 aromatic rings. The van der Waals surface area contributed by atoms with Gasteiger partial charge in [0.2, 0.25) is 11.8 Å². The Balaban J connectivity index is 0.000000296. The van der Waals surface area contributed by atoms with Crippen LogP contribution in [-0.4, -0.2) is 55.5 Å². The number of pyridine rings is 1. The van der Waals surface area contributed by atoms with E-state index in [-0.39, 0.29) is 11.5 Å². The van der Waals surface area contributed by atoms with Crippen LogP contribution in [-0.2, 0) is 22.7 Å². The first-order valence-corrected chi connectivity index (χ1v) is 15.7. The fraction of sp³-hybridized carbons (Fsp3) is 0.441. The largest absolute Gasteiger partial charge is 0.457 e. The van der Waals surface area contributed by atoms with Crippen molar-refractivity contribution >= 4 is 22.6 Å². The second kappa shape index (κ2) is 11.9. The molecule has 0 unspecified atom stereocenters. The Morgan fingerprint density at radius 2 is 1.86 bits per heavy atom. The van der Waals surface area contributed by atoms with Crippen LogP contribution in [0.5, 0.6) is 11.5 Å². The molecule has 10 nitrogen and oxygen atoms in total. The van der Waals surface area contributed by atoms with Gasteiger partial charge in [-0.2, -0.15) is 4.98 Å². The maximum atomic E-state index is 12.9. The summed E-state index contributed by atoms with van der Waals surface area (Å²) in [6.45, 7) is 5.09. The molecule has 1 atom stereocenters. The molecule has 228 valence electrons. The summed E-state index contributed by atoms with van der Waals surface area (Å²) in [6.07, 6.45) is 10.6. The van der Waals surface area contributed by atoms with Gasteiger partial charge in [-0.1, -0.05) is 18.1 Å². The van der Waals surface area contributed by atoms with E-state index in [2.05, 4.69) is 17.1 Å². The van der Waals surface area contributed by atoms with Gasteiger partial charge in [-0.25, -0.2) is 0 Å². The number of benzene rings is 2. The minimum Gasteiger partial charge on any atom is -0.457 e. The van der Waals surface area contributed by atoms with Crippen molar-refractivity contribution in [2.24, 2.45) is 11.8 Å². The molecule has 0 spiro atoms. The van der Waals surface area contributed by atoms with Crippen LogP contribution in [0, 0.1) is 11.8 Å². The zero-order valence-corrected chi connectivity index (χ0v) is 25.0. The third kappa shape index (κ3) is 6.25. The quantitative estimate of drug-likeness (QED) is 0.268. The van der Waals surface area contributed by atoms with Crippen molar-refractivity contribution in [1.82, 2.24) is 24.5 Å². The monoisotopic (exact) mass is 595 g/mol. The molecule has 0 N–H and O–H groups in total. The Morgan fingerprint density at radius 1 is 1.00 bits per heavy atom. The summed E-state index contributed by atoms with van der Waals surface area (Å²) in [4.78, 5) is 44.3. The van der Waals surface area contributed by atoms with Crippen molar-refractivity contribution in [1.29, 1.82) is 0 Å². The van der Waals surface area contributed by atoms with Crippen molar-refractivity contribution in [3.63, 3.8) is 0 Å². The van der Waals surface area contributed by atoms with Crippen LogP contribution in [0.25, 0.3) is 22.2 Å². The minimum absolute atomic E-state index is 0.0293. The molecule has 2 saturated carbocycles. The highest BCUT2D eigenvalue weighted by atomic mass is 16.5. The van der Waals surface area contributed by atoms with Gasteiger partial charge >= 0.3 is 0 Å². The Kier molecular flexibility index (Phi) is 7.66. The van der Waals surface area contributed by atoms with Crippen LogP contribution in [0.2, 0.25) is 0 Å². The molecule has 2 aromatic heterocycles. The first-order chi connectivity index (χ1) is 21.4. The number of fused-ring (bicyclic) bond motifs is 1. The summed E-state index contributed by atoms with van der Waals surface area (Å²) in [5.74, 6) is 3.12. The van der Waals surface area contributed by atoms with Crippen LogP contribution in [0.15, 0.2) is 64.3 Å². The summed E-state index contributed by atoms with van der Waals surface area (Å²) in [5.41, 5.74) is 1.64. The summed E-state index contributed by atoms with van der Waals surface area (Å²) in [7, 11) is 0. The van der Waals surface area contributed by atoms with E-state index in [4.69, 9.17) is 9.26 Å². The van der Waals surface area contributed by atoms with E-state index in [9.17, 15) is 14.4 Å². The summed E-state index contributed by atoms with van der Waals surface area (Å²) in [6, 6.07) is 13.8. The molecule has 8 rings (SSSR count). The Morgan fingerprint density at radius 3 is 2.55 bits per heavy atom. The predicted octanol–water partition coefficient (Wildman–Crippen LogP) is 5.39. The summed E-state index contributed by atoms with van der Waals surface area (Å²) >= 11 is 0. The molecule has 0 bridgehead atoms. The van der Waals surface area contributed by atoms with Crippen molar-refractivity contribution in [3.05, 3.63) is 70.9 Å². The number of likely N-dealkylation sites (tertiary alicyclic amines) is 2. The Labute approximate surface area is 255 Å². The lowest BCUT2D eigenvalue weighted by Crippen LogP contribution is -2.26. The maximum absolute atomic E-state index is 12.9.